The number of halogens is 1. The van der Waals surface area contributed by atoms with Crippen LogP contribution < -0.4 is 0 Å². The quantitative estimate of drug-likeness (QED) is 0.718. The molecular formula is C5H8BrN3. The van der Waals surface area contributed by atoms with Crippen molar-refractivity contribution in [2.45, 2.75) is 19.7 Å². The van der Waals surface area contributed by atoms with Crippen molar-refractivity contribution in [3.8, 4) is 0 Å². The first-order valence-corrected chi connectivity index (χ1v) is 2.88. The van der Waals surface area contributed by atoms with Gasteiger partial charge in [-0.1, -0.05) is 12.1 Å². The molecule has 0 spiro atoms. The molecule has 1 heterocycles. The third-order valence-corrected chi connectivity index (χ3v) is 0.999. The van der Waals surface area contributed by atoms with Crippen molar-refractivity contribution in [2.24, 2.45) is 0 Å². The van der Waals surface area contributed by atoms with Gasteiger partial charge in [0.1, 0.15) is 4.60 Å². The molecule has 0 aliphatic carbocycles. The van der Waals surface area contributed by atoms with Gasteiger partial charge in [-0.15, -0.1) is 5.10 Å². The molecular weight excluding hydrogens is 182 g/mol. The van der Waals surface area contributed by atoms with Crippen molar-refractivity contribution in [1.29, 1.82) is 0 Å². The molecule has 0 bridgehead atoms. The molecule has 9 heavy (non-hydrogen) atoms. The number of rotatable bonds is 2. The van der Waals surface area contributed by atoms with Gasteiger partial charge in [0.25, 0.3) is 0 Å². The van der Waals surface area contributed by atoms with Gasteiger partial charge in [0.2, 0.25) is 0 Å². The highest BCUT2D eigenvalue weighted by Gasteiger charge is 1.92. The highest BCUT2D eigenvalue weighted by molar-refractivity contribution is 9.10. The Morgan fingerprint density at radius 2 is 3.00 bits per heavy atom. The van der Waals surface area contributed by atoms with Gasteiger partial charge in [-0.2, -0.15) is 0 Å². The normalized spacial score (nSPS) is 26.1. The maximum absolute atomic E-state index is 7.51. The zero-order valence-electron chi connectivity index (χ0n) is 11.3. The summed E-state index contributed by atoms with van der Waals surface area (Å²) in [6, 6.07) is 0. The zero-order valence-corrected chi connectivity index (χ0v) is 5.88. The van der Waals surface area contributed by atoms with Crippen LogP contribution in [0.4, 0.5) is 0 Å². The lowest BCUT2D eigenvalue weighted by atomic mass is 10.5. The second-order valence-electron chi connectivity index (χ2n) is 1.22. The van der Waals surface area contributed by atoms with Gasteiger partial charge in [0, 0.05) is 13.4 Å². The molecule has 0 aromatic carbocycles. The summed E-state index contributed by atoms with van der Waals surface area (Å²) in [6.45, 7) is -5.92. The van der Waals surface area contributed by atoms with Gasteiger partial charge in [-0.25, -0.2) is 0 Å². The van der Waals surface area contributed by atoms with E-state index in [4.69, 9.17) is 9.60 Å². The fourth-order valence-electron chi connectivity index (χ4n) is 0.355. The lowest BCUT2D eigenvalue weighted by Crippen LogP contribution is -1.96. The van der Waals surface area contributed by atoms with Gasteiger partial charge < -0.3 is 0 Å². The second kappa shape index (κ2) is 2.96. The predicted octanol–water partition coefficient (Wildman–Crippen LogP) is 1.45. The fraction of sp³-hybridized carbons (Fsp3) is 0.600. The van der Waals surface area contributed by atoms with E-state index in [-0.39, 0.29) is 4.60 Å². The van der Waals surface area contributed by atoms with Crippen molar-refractivity contribution in [1.82, 2.24) is 15.0 Å². The fourth-order valence-corrected chi connectivity index (χ4v) is 0.620. The molecule has 0 fully saturated rings. The first kappa shape index (κ1) is 2.05. The van der Waals surface area contributed by atoms with Gasteiger partial charge in [0.05, 0.1) is 8.94 Å². The molecule has 4 heteroatoms. The summed E-state index contributed by atoms with van der Waals surface area (Å²) in [5.41, 5.74) is 0. The van der Waals surface area contributed by atoms with E-state index < -0.39 is 19.7 Å². The van der Waals surface area contributed by atoms with E-state index >= 15 is 0 Å². The summed E-state index contributed by atoms with van der Waals surface area (Å²) in [6.07, 6.45) is -2.00. The summed E-state index contributed by atoms with van der Waals surface area (Å²) in [4.78, 5) is 0. The Bertz CT molecular complexity index is 384. The van der Waals surface area contributed by atoms with Gasteiger partial charge in [-0.3, -0.25) is 4.68 Å². The second-order valence-corrected chi connectivity index (χ2v) is 2.04. The van der Waals surface area contributed by atoms with Crippen LogP contribution in [0.3, 0.4) is 0 Å². The van der Waals surface area contributed by atoms with E-state index in [9.17, 15) is 0 Å². The van der Waals surface area contributed by atoms with E-state index in [1.54, 1.807) is 0 Å². The Morgan fingerprint density at radius 3 is 3.56 bits per heavy atom. The molecule has 0 saturated heterocycles. The van der Waals surface area contributed by atoms with Crippen molar-refractivity contribution >= 4 is 15.9 Å². The Kier molecular flexibility index (Phi) is 0.675. The average Bonchev–Trinajstić information content (AvgIpc) is 2.49. The van der Waals surface area contributed by atoms with Crippen LogP contribution in [0.25, 0.3) is 0 Å². The first-order chi connectivity index (χ1) is 7.00. The summed E-state index contributed by atoms with van der Waals surface area (Å²) < 4.78 is 51.4. The molecule has 50 valence electrons. The standard InChI is InChI=1S/C5H8BrN3/c1-2-3-9-4-5(6)7-8-9/h4H,2-3H2,1H3/i1D3,2D2,3D2. The summed E-state index contributed by atoms with van der Waals surface area (Å²) in [5.74, 6) is 0. The molecule has 0 aliphatic rings. The SMILES string of the molecule is [2H]C([2H])([2H])C([2H])([2H])C([2H])([2H])n1cc(Br)nn1. The maximum Gasteiger partial charge on any atom is 0.148 e. The largest absolute Gasteiger partial charge is 0.251 e. The molecule has 3 nitrogen and oxygen atoms in total. The van der Waals surface area contributed by atoms with Gasteiger partial charge >= 0.3 is 0 Å². The van der Waals surface area contributed by atoms with Gasteiger partial charge in [-0.05, 0) is 22.3 Å². The van der Waals surface area contributed by atoms with E-state index in [1.807, 2.05) is 0 Å². The number of hydrogen-bond donors (Lipinski definition) is 0. The molecule has 0 N–H and O–H groups in total. The van der Waals surface area contributed by atoms with Crippen molar-refractivity contribution in [3.05, 3.63) is 10.8 Å². The minimum atomic E-state index is -3.10. The van der Waals surface area contributed by atoms with Crippen molar-refractivity contribution in [2.75, 3.05) is 0 Å². The molecule has 1 aromatic heterocycles. The molecule has 0 unspecified atom stereocenters. The number of aryl methyl sites for hydroxylation is 1. The molecule has 0 aliphatic heterocycles. The Morgan fingerprint density at radius 1 is 2.11 bits per heavy atom. The highest BCUT2D eigenvalue weighted by Crippen LogP contribution is 2.01. The molecule has 0 radical (unpaired) electrons. The van der Waals surface area contributed by atoms with Crippen LogP contribution in [-0.2, 0) is 6.50 Å². The van der Waals surface area contributed by atoms with Crippen LogP contribution in [-0.4, -0.2) is 15.0 Å². The van der Waals surface area contributed by atoms with Crippen LogP contribution in [0, 0.1) is 0 Å². The van der Waals surface area contributed by atoms with Crippen LogP contribution in [0.2, 0.25) is 0 Å². The smallest absolute Gasteiger partial charge is 0.148 e. The number of nitrogens with zero attached hydrogens (tertiary/aromatic N) is 3. The van der Waals surface area contributed by atoms with Crippen molar-refractivity contribution in [3.63, 3.8) is 0 Å². The molecule has 0 saturated carbocycles. The zero-order chi connectivity index (χ0) is 12.8. The number of hydrogen-bond acceptors (Lipinski definition) is 2. The van der Waals surface area contributed by atoms with E-state index in [0.717, 1.165) is 6.20 Å². The first-order valence-electron chi connectivity index (χ1n) is 5.58. The molecule has 0 amide bonds. The van der Waals surface area contributed by atoms with Crippen LogP contribution in [0.5, 0.6) is 0 Å². The van der Waals surface area contributed by atoms with E-state index in [1.165, 1.54) is 0 Å². The monoisotopic (exact) mass is 196 g/mol. The molecule has 1 rings (SSSR count). The maximum atomic E-state index is 7.51. The van der Waals surface area contributed by atoms with Crippen LogP contribution in [0.15, 0.2) is 10.8 Å². The lowest BCUT2D eigenvalue weighted by Gasteiger charge is -1.91. The number of aromatic nitrogens is 3. The summed E-state index contributed by atoms with van der Waals surface area (Å²) >= 11 is 2.92. The minimum Gasteiger partial charge on any atom is -0.251 e. The van der Waals surface area contributed by atoms with E-state index in [0.29, 0.717) is 4.68 Å². The topological polar surface area (TPSA) is 30.7 Å². The van der Waals surface area contributed by atoms with Crippen LogP contribution >= 0.6 is 15.9 Å². The Balaban J connectivity index is 3.21. The average molecular weight is 197 g/mol. The Hall–Kier alpha value is -0.380. The van der Waals surface area contributed by atoms with Crippen molar-refractivity contribution < 1.29 is 9.60 Å². The van der Waals surface area contributed by atoms with Crippen LogP contribution in [0.1, 0.15) is 22.8 Å². The predicted molar refractivity (Wildman–Crippen MR) is 38.0 cm³/mol. The third-order valence-electron chi connectivity index (χ3n) is 0.636. The van der Waals surface area contributed by atoms with E-state index in [2.05, 4.69) is 26.2 Å². The highest BCUT2D eigenvalue weighted by atomic mass is 79.9. The minimum absolute atomic E-state index is 0.192. The van der Waals surface area contributed by atoms with Gasteiger partial charge in [0.15, 0.2) is 0 Å². The Labute approximate surface area is 72.0 Å². The summed E-state index contributed by atoms with van der Waals surface area (Å²) in [5, 5.41) is 6.74. The summed E-state index contributed by atoms with van der Waals surface area (Å²) in [7, 11) is 0. The lowest BCUT2D eigenvalue weighted by molar-refractivity contribution is 0.579. The third kappa shape index (κ3) is 1.78. The molecule has 0 atom stereocenters. The molecule has 1 aromatic rings.